The molecule has 5 heteroatoms. The van der Waals surface area contributed by atoms with Crippen molar-refractivity contribution in [2.45, 2.75) is 110 Å². The second-order valence-electron chi connectivity index (χ2n) is 8.40. The quantitative estimate of drug-likeness (QED) is 0.438. The van der Waals surface area contributed by atoms with Crippen LogP contribution in [0.3, 0.4) is 0 Å². The summed E-state index contributed by atoms with van der Waals surface area (Å²) in [5, 5.41) is 0. The maximum atomic E-state index is 11.7. The zero-order valence-corrected chi connectivity index (χ0v) is 18.5. The molecular weight excluding hydrogens is 368 g/mol. The molecule has 5 nitrogen and oxygen atoms in total. The Morgan fingerprint density at radius 3 is 1.86 bits per heavy atom. The van der Waals surface area contributed by atoms with Crippen molar-refractivity contribution < 1.29 is 23.9 Å². The van der Waals surface area contributed by atoms with E-state index in [1.165, 1.54) is 32.1 Å². The van der Waals surface area contributed by atoms with Crippen LogP contribution in [-0.2, 0) is 23.9 Å². The molecule has 0 atom stereocenters. The molecular formula is C24H38O5. The SMILES string of the molecule is C=C(C)C(=O)OC1(CC)CCCCCCC1.C=C(C)C(=O)OC1CCC(=O)CC1. The van der Waals surface area contributed by atoms with Crippen LogP contribution in [0, 0.1) is 0 Å². The highest BCUT2D eigenvalue weighted by Gasteiger charge is 2.32. The summed E-state index contributed by atoms with van der Waals surface area (Å²) in [4.78, 5) is 33.6. The fourth-order valence-corrected chi connectivity index (χ4v) is 3.64. The summed E-state index contributed by atoms with van der Waals surface area (Å²) in [6.45, 7) is 12.6. The van der Waals surface area contributed by atoms with Gasteiger partial charge in [-0.15, -0.1) is 0 Å². The summed E-state index contributed by atoms with van der Waals surface area (Å²) in [6, 6.07) is 0. The van der Waals surface area contributed by atoms with Gasteiger partial charge in [-0.3, -0.25) is 4.79 Å². The first-order valence-corrected chi connectivity index (χ1v) is 11.0. The Kier molecular flexibility index (Phi) is 10.9. The van der Waals surface area contributed by atoms with Gasteiger partial charge in [0.1, 0.15) is 17.5 Å². The van der Waals surface area contributed by atoms with E-state index in [9.17, 15) is 14.4 Å². The van der Waals surface area contributed by atoms with Crippen molar-refractivity contribution in [1.29, 1.82) is 0 Å². The summed E-state index contributed by atoms with van der Waals surface area (Å²) in [6.07, 6.45) is 11.5. The highest BCUT2D eigenvalue weighted by molar-refractivity contribution is 5.87. The van der Waals surface area contributed by atoms with E-state index in [1.807, 2.05) is 0 Å². The van der Waals surface area contributed by atoms with Crippen LogP contribution in [0.25, 0.3) is 0 Å². The lowest BCUT2D eigenvalue weighted by molar-refractivity contribution is -0.157. The predicted octanol–water partition coefficient (Wildman–Crippen LogP) is 5.62. The Morgan fingerprint density at radius 1 is 0.931 bits per heavy atom. The molecule has 2 saturated carbocycles. The fourth-order valence-electron chi connectivity index (χ4n) is 3.64. The smallest absolute Gasteiger partial charge is 0.333 e. The Bertz CT molecular complexity index is 586. The third kappa shape index (κ3) is 9.42. The van der Waals surface area contributed by atoms with E-state index < -0.39 is 0 Å². The third-order valence-corrected chi connectivity index (χ3v) is 5.68. The molecule has 0 heterocycles. The molecule has 0 aromatic rings. The highest BCUT2D eigenvalue weighted by atomic mass is 16.6. The van der Waals surface area contributed by atoms with Crippen LogP contribution in [0.4, 0.5) is 0 Å². The van der Waals surface area contributed by atoms with Crippen molar-refractivity contribution in [3.8, 4) is 0 Å². The monoisotopic (exact) mass is 406 g/mol. The zero-order chi connectivity index (χ0) is 21.9. The first-order chi connectivity index (χ1) is 13.7. The average Bonchev–Trinajstić information content (AvgIpc) is 2.66. The lowest BCUT2D eigenvalue weighted by Crippen LogP contribution is -2.35. The van der Waals surface area contributed by atoms with Crippen LogP contribution < -0.4 is 0 Å². The maximum Gasteiger partial charge on any atom is 0.333 e. The van der Waals surface area contributed by atoms with Gasteiger partial charge in [-0.2, -0.15) is 0 Å². The van der Waals surface area contributed by atoms with Crippen molar-refractivity contribution in [1.82, 2.24) is 0 Å². The minimum atomic E-state index is -0.348. The van der Waals surface area contributed by atoms with Crippen LogP contribution in [0.15, 0.2) is 24.3 Å². The maximum absolute atomic E-state index is 11.7. The lowest BCUT2D eigenvalue weighted by atomic mass is 9.85. The average molecular weight is 407 g/mol. The van der Waals surface area contributed by atoms with Crippen molar-refractivity contribution in [2.24, 2.45) is 0 Å². The summed E-state index contributed by atoms with van der Waals surface area (Å²) in [5.41, 5.74) is 0.711. The zero-order valence-electron chi connectivity index (χ0n) is 18.5. The molecule has 2 aliphatic carbocycles. The van der Waals surface area contributed by atoms with E-state index >= 15 is 0 Å². The Hall–Kier alpha value is -1.91. The number of rotatable bonds is 5. The van der Waals surface area contributed by atoms with Crippen LogP contribution in [0.1, 0.15) is 97.8 Å². The number of hydrogen-bond donors (Lipinski definition) is 0. The molecule has 164 valence electrons. The second kappa shape index (κ2) is 12.6. The van der Waals surface area contributed by atoms with Crippen LogP contribution >= 0.6 is 0 Å². The van der Waals surface area contributed by atoms with E-state index in [1.54, 1.807) is 13.8 Å². The molecule has 0 bridgehead atoms. The van der Waals surface area contributed by atoms with Gasteiger partial charge >= 0.3 is 11.9 Å². The summed E-state index contributed by atoms with van der Waals surface area (Å²) < 4.78 is 10.8. The topological polar surface area (TPSA) is 69.7 Å². The van der Waals surface area contributed by atoms with Gasteiger partial charge in [0.25, 0.3) is 0 Å². The van der Waals surface area contributed by atoms with Crippen LogP contribution in [-0.4, -0.2) is 29.4 Å². The fraction of sp³-hybridized carbons (Fsp3) is 0.708. The molecule has 0 spiro atoms. The molecule has 2 aliphatic rings. The molecule has 2 fully saturated rings. The highest BCUT2D eigenvalue weighted by Crippen LogP contribution is 2.33. The molecule has 0 amide bonds. The van der Waals surface area contributed by atoms with Crippen molar-refractivity contribution in [3.63, 3.8) is 0 Å². The van der Waals surface area contributed by atoms with E-state index in [0.717, 1.165) is 19.3 Å². The number of Topliss-reactive ketones (excluding diaryl/α,β-unsaturated/α-hetero) is 1. The van der Waals surface area contributed by atoms with Gasteiger partial charge in [0.15, 0.2) is 0 Å². The number of carbonyl (C=O) groups excluding carboxylic acids is 3. The van der Waals surface area contributed by atoms with Crippen molar-refractivity contribution >= 4 is 17.7 Å². The van der Waals surface area contributed by atoms with E-state index in [0.29, 0.717) is 36.8 Å². The predicted molar refractivity (Wildman–Crippen MR) is 114 cm³/mol. The van der Waals surface area contributed by atoms with Crippen LogP contribution in [0.2, 0.25) is 0 Å². The standard InChI is InChI=1S/C14H24O2.C10H14O3/c1-4-14(16-13(15)12(2)3)10-8-6-5-7-9-11-14;1-7(2)10(12)13-9-5-3-8(11)4-6-9/h2,4-11H2,1,3H3;9H,1,3-6H2,2H3. The number of esters is 2. The Balaban J connectivity index is 0.000000296. The lowest BCUT2D eigenvalue weighted by Gasteiger charge is -2.34. The first-order valence-electron chi connectivity index (χ1n) is 11.0. The molecule has 0 radical (unpaired) electrons. The number of ether oxygens (including phenoxy) is 2. The number of ketones is 1. The summed E-state index contributed by atoms with van der Waals surface area (Å²) in [7, 11) is 0. The van der Waals surface area contributed by atoms with Crippen molar-refractivity contribution in [2.75, 3.05) is 0 Å². The molecule has 2 rings (SSSR count). The summed E-state index contributed by atoms with van der Waals surface area (Å²) in [5.74, 6) is -0.301. The minimum absolute atomic E-state index is 0.0816. The van der Waals surface area contributed by atoms with E-state index in [2.05, 4.69) is 20.1 Å². The molecule has 0 unspecified atom stereocenters. The molecule has 0 saturated heterocycles. The largest absolute Gasteiger partial charge is 0.459 e. The van der Waals surface area contributed by atoms with Crippen LogP contribution in [0.5, 0.6) is 0 Å². The van der Waals surface area contributed by atoms with Crippen molar-refractivity contribution in [3.05, 3.63) is 24.3 Å². The summed E-state index contributed by atoms with van der Waals surface area (Å²) >= 11 is 0. The van der Waals surface area contributed by atoms with Gasteiger partial charge in [-0.1, -0.05) is 39.3 Å². The molecule has 0 aliphatic heterocycles. The first kappa shape index (κ1) is 25.1. The number of hydrogen-bond acceptors (Lipinski definition) is 5. The third-order valence-electron chi connectivity index (χ3n) is 5.68. The minimum Gasteiger partial charge on any atom is -0.459 e. The molecule has 0 N–H and O–H groups in total. The second-order valence-corrected chi connectivity index (χ2v) is 8.40. The van der Waals surface area contributed by atoms with Gasteiger partial charge in [0.2, 0.25) is 0 Å². The molecule has 0 aromatic carbocycles. The van der Waals surface area contributed by atoms with E-state index in [4.69, 9.17) is 9.47 Å². The van der Waals surface area contributed by atoms with Gasteiger partial charge in [-0.25, -0.2) is 9.59 Å². The van der Waals surface area contributed by atoms with E-state index in [-0.39, 0.29) is 29.4 Å². The van der Waals surface area contributed by atoms with Gasteiger partial charge in [0.05, 0.1) is 0 Å². The normalized spacial score (nSPS) is 19.6. The molecule has 29 heavy (non-hydrogen) atoms. The Morgan fingerprint density at radius 2 is 1.41 bits per heavy atom. The number of carbonyl (C=O) groups is 3. The van der Waals surface area contributed by atoms with Gasteiger partial charge in [-0.05, 0) is 58.8 Å². The van der Waals surface area contributed by atoms with Gasteiger partial charge in [0, 0.05) is 24.0 Å². The Labute approximate surface area is 175 Å². The van der Waals surface area contributed by atoms with Gasteiger partial charge < -0.3 is 9.47 Å². The molecule has 0 aromatic heterocycles.